The Kier molecular flexibility index (Phi) is 7.01. The van der Waals surface area contributed by atoms with Crippen LogP contribution in [0.5, 0.6) is 0 Å². The molecule has 33 heavy (non-hydrogen) atoms. The largest absolute Gasteiger partial charge is 0.363 e. The van der Waals surface area contributed by atoms with Gasteiger partial charge in [-0.25, -0.2) is 0 Å². The Morgan fingerprint density at radius 1 is 1.06 bits per heavy atom. The normalized spacial score (nSPS) is 17.4. The molecule has 1 aliphatic heterocycles. The Hall–Kier alpha value is -3.69. The lowest BCUT2D eigenvalue weighted by Crippen LogP contribution is -2.51. The fourth-order valence-electron chi connectivity index (χ4n) is 4.09. The average Bonchev–Trinajstić information content (AvgIpc) is 3.15. The van der Waals surface area contributed by atoms with Crippen molar-refractivity contribution in [3.8, 4) is 11.8 Å². The molecular weight excluding hydrogens is 416 g/mol. The lowest BCUT2D eigenvalue weighted by molar-refractivity contribution is -0.142. The summed E-state index contributed by atoms with van der Waals surface area (Å²) >= 11 is 0. The van der Waals surface area contributed by atoms with E-state index in [0.717, 1.165) is 40.0 Å². The van der Waals surface area contributed by atoms with Crippen molar-refractivity contribution < 1.29 is 19.1 Å². The van der Waals surface area contributed by atoms with Gasteiger partial charge in [0.15, 0.2) is 0 Å². The van der Waals surface area contributed by atoms with Crippen LogP contribution in [0.4, 0.5) is 0 Å². The number of hydrogen-bond acceptors (Lipinski definition) is 4. The molecule has 0 aromatic heterocycles. The van der Waals surface area contributed by atoms with E-state index in [2.05, 4.69) is 17.2 Å². The van der Waals surface area contributed by atoms with E-state index in [0.29, 0.717) is 12.8 Å². The summed E-state index contributed by atoms with van der Waals surface area (Å²) in [6.45, 7) is 1.82. The maximum atomic E-state index is 12.8. The van der Waals surface area contributed by atoms with Crippen molar-refractivity contribution in [1.29, 1.82) is 0 Å². The molecule has 1 N–H and O–H groups in total. The molecule has 4 rings (SSSR count). The molecule has 6 nitrogen and oxygen atoms in total. The maximum Gasteiger partial charge on any atom is 0.255 e. The molecule has 0 saturated heterocycles. The van der Waals surface area contributed by atoms with Gasteiger partial charge in [-0.3, -0.25) is 19.3 Å². The van der Waals surface area contributed by atoms with Crippen LogP contribution in [0.25, 0.3) is 0 Å². The average molecular weight is 443 g/mol. The summed E-state index contributed by atoms with van der Waals surface area (Å²) in [6, 6.07) is 15.7. The van der Waals surface area contributed by atoms with Crippen LogP contribution in [0.2, 0.25) is 0 Å². The number of fused-ring (bicyclic) bond motifs is 2. The number of hydrogen-bond donors (Lipinski definition) is 1. The second-order valence-corrected chi connectivity index (χ2v) is 8.10. The summed E-state index contributed by atoms with van der Waals surface area (Å²) in [6.07, 6.45) is 4.15. The van der Waals surface area contributed by atoms with Crippen LogP contribution in [0.3, 0.4) is 0 Å². The van der Waals surface area contributed by atoms with Crippen molar-refractivity contribution in [3.05, 3.63) is 82.9 Å². The smallest absolute Gasteiger partial charge is 0.255 e. The third kappa shape index (κ3) is 5.21. The molecule has 2 aromatic rings. The van der Waals surface area contributed by atoms with Crippen LogP contribution >= 0.6 is 0 Å². The predicted molar refractivity (Wildman–Crippen MR) is 124 cm³/mol. The van der Waals surface area contributed by atoms with E-state index in [1.807, 2.05) is 55.5 Å². The quantitative estimate of drug-likeness (QED) is 0.503. The van der Waals surface area contributed by atoms with Gasteiger partial charge in [-0.15, -0.1) is 0 Å². The molecule has 0 radical (unpaired) electrons. The molecule has 1 heterocycles. The Balaban J connectivity index is 1.48. The summed E-state index contributed by atoms with van der Waals surface area (Å²) in [5, 5.41) is 2.82. The fraction of sp³-hybridized carbons (Fsp3) is 0.296. The third-order valence-corrected chi connectivity index (χ3v) is 5.79. The molecular formula is C27H26N2O4. The second kappa shape index (κ2) is 10.3. The Morgan fingerprint density at radius 2 is 1.73 bits per heavy atom. The third-order valence-electron chi connectivity index (χ3n) is 5.79. The van der Waals surface area contributed by atoms with Gasteiger partial charge in [-0.1, -0.05) is 61.6 Å². The van der Waals surface area contributed by atoms with Crippen molar-refractivity contribution in [2.24, 2.45) is 0 Å². The van der Waals surface area contributed by atoms with Crippen molar-refractivity contribution in [2.45, 2.75) is 44.9 Å². The van der Waals surface area contributed by atoms with E-state index < -0.39 is 18.0 Å². The van der Waals surface area contributed by atoms with Gasteiger partial charge in [0, 0.05) is 29.7 Å². The topological polar surface area (TPSA) is 75.7 Å². The molecule has 0 saturated carbocycles. The maximum absolute atomic E-state index is 12.8. The molecule has 2 atom stereocenters. The van der Waals surface area contributed by atoms with Gasteiger partial charge in [0.05, 0.1) is 6.10 Å². The highest BCUT2D eigenvalue weighted by atomic mass is 16.5. The van der Waals surface area contributed by atoms with Crippen molar-refractivity contribution in [3.63, 3.8) is 0 Å². The number of rotatable bonds is 8. The number of nitrogens with one attached hydrogen (secondary N) is 1. The lowest BCUT2D eigenvalue weighted by Gasteiger charge is -2.27. The number of unbranched alkanes of at least 4 members (excludes halogenated alkanes) is 1. The van der Waals surface area contributed by atoms with E-state index in [9.17, 15) is 14.4 Å². The molecule has 0 bridgehead atoms. The predicted octanol–water partition coefficient (Wildman–Crippen LogP) is 3.26. The van der Waals surface area contributed by atoms with Gasteiger partial charge >= 0.3 is 0 Å². The zero-order valence-electron chi connectivity index (χ0n) is 18.5. The van der Waals surface area contributed by atoms with E-state index in [1.54, 1.807) is 0 Å². The number of benzene rings is 2. The van der Waals surface area contributed by atoms with Gasteiger partial charge in [0.2, 0.25) is 5.91 Å². The number of imide groups is 1. The fourth-order valence-corrected chi connectivity index (χ4v) is 4.09. The molecule has 168 valence electrons. The summed E-state index contributed by atoms with van der Waals surface area (Å²) < 4.78 is 6.10. The first-order valence-corrected chi connectivity index (χ1v) is 11.2. The minimum absolute atomic E-state index is 0.194. The van der Waals surface area contributed by atoms with E-state index in [4.69, 9.17) is 4.74 Å². The minimum Gasteiger partial charge on any atom is -0.363 e. The number of carbonyl (C=O) groups is 3. The second-order valence-electron chi connectivity index (χ2n) is 8.10. The molecule has 2 aliphatic rings. The van der Waals surface area contributed by atoms with Crippen LogP contribution in [0, 0.1) is 11.8 Å². The van der Waals surface area contributed by atoms with Crippen LogP contribution in [-0.2, 0) is 25.5 Å². The minimum atomic E-state index is -0.688. The first kappa shape index (κ1) is 22.5. The van der Waals surface area contributed by atoms with Crippen LogP contribution in [-0.4, -0.2) is 35.4 Å². The van der Waals surface area contributed by atoms with Crippen LogP contribution < -0.4 is 5.32 Å². The zero-order chi connectivity index (χ0) is 23.2. The summed E-state index contributed by atoms with van der Waals surface area (Å²) in [7, 11) is 0. The lowest BCUT2D eigenvalue weighted by atomic mass is 9.92. The molecule has 1 aliphatic carbocycles. The first-order valence-electron chi connectivity index (χ1n) is 11.2. The van der Waals surface area contributed by atoms with Crippen molar-refractivity contribution in [1.82, 2.24) is 10.2 Å². The van der Waals surface area contributed by atoms with E-state index >= 15 is 0 Å². The number of amides is 3. The molecule has 6 heteroatoms. The Bertz CT molecular complexity index is 1140. The van der Waals surface area contributed by atoms with Gasteiger partial charge in [0.25, 0.3) is 11.8 Å². The number of nitrogens with zero attached hydrogens (tertiary/aromatic N) is 1. The van der Waals surface area contributed by atoms with Gasteiger partial charge in [0.1, 0.15) is 12.8 Å². The number of ether oxygens (including phenoxy) is 1. The summed E-state index contributed by atoms with van der Waals surface area (Å²) in [4.78, 5) is 38.2. The summed E-state index contributed by atoms with van der Waals surface area (Å²) in [5.74, 6) is 5.26. The standard InChI is InChI=1S/C27H26N2O4/c1-2-3-12-24(29-26(31)15-16-27(29)32)28-25(30)18-33-23-17-21-10-5-4-8-19(21)13-14-20-9-6-7-11-22(20)23/h4-11,15-16,23-24H,2-3,12,17-18H2,1H3,(H,28,30). The van der Waals surface area contributed by atoms with E-state index in [-0.39, 0.29) is 18.6 Å². The molecule has 0 spiro atoms. The Labute approximate surface area is 193 Å². The monoisotopic (exact) mass is 442 g/mol. The zero-order valence-corrected chi connectivity index (χ0v) is 18.5. The van der Waals surface area contributed by atoms with Gasteiger partial charge in [-0.2, -0.15) is 0 Å². The molecule has 2 aromatic carbocycles. The van der Waals surface area contributed by atoms with Crippen molar-refractivity contribution in [2.75, 3.05) is 6.61 Å². The number of carbonyl (C=O) groups excluding carboxylic acids is 3. The highest BCUT2D eigenvalue weighted by molar-refractivity contribution is 6.13. The summed E-state index contributed by atoms with van der Waals surface area (Å²) in [5.41, 5.74) is 3.81. The molecule has 3 amide bonds. The Morgan fingerprint density at radius 3 is 2.48 bits per heavy atom. The van der Waals surface area contributed by atoms with Crippen LogP contribution in [0.1, 0.15) is 54.5 Å². The highest BCUT2D eigenvalue weighted by Crippen LogP contribution is 2.28. The van der Waals surface area contributed by atoms with Crippen molar-refractivity contribution >= 4 is 17.7 Å². The van der Waals surface area contributed by atoms with Gasteiger partial charge < -0.3 is 10.1 Å². The van der Waals surface area contributed by atoms with Crippen LogP contribution in [0.15, 0.2) is 60.7 Å². The SMILES string of the molecule is CCCCC(NC(=O)COC1Cc2ccccc2C#Cc2ccccc21)N1C(=O)C=CC1=O. The first-order chi connectivity index (χ1) is 16.1. The van der Waals surface area contributed by atoms with E-state index in [1.165, 1.54) is 12.2 Å². The molecule has 0 fully saturated rings. The molecule has 2 unspecified atom stereocenters. The van der Waals surface area contributed by atoms with Gasteiger partial charge in [-0.05, 0) is 36.1 Å². The highest BCUT2D eigenvalue weighted by Gasteiger charge is 2.32.